The van der Waals surface area contributed by atoms with E-state index in [1.807, 2.05) is 18.2 Å². The van der Waals surface area contributed by atoms with E-state index >= 15 is 0 Å². The summed E-state index contributed by atoms with van der Waals surface area (Å²) < 4.78 is 33.3. The molecule has 170 valence electrons. The lowest BCUT2D eigenvalue weighted by atomic mass is 9.97. The van der Waals surface area contributed by atoms with Gasteiger partial charge in [0.25, 0.3) is 0 Å². The van der Waals surface area contributed by atoms with E-state index in [0.29, 0.717) is 42.7 Å². The summed E-state index contributed by atoms with van der Waals surface area (Å²) in [6.07, 6.45) is 6.17. The minimum absolute atomic E-state index is 0.342. The van der Waals surface area contributed by atoms with Crippen LogP contribution in [-0.4, -0.2) is 48.9 Å². The first kappa shape index (κ1) is 20.8. The van der Waals surface area contributed by atoms with E-state index in [4.69, 9.17) is 14.4 Å². The first-order chi connectivity index (χ1) is 16.1. The Hall–Kier alpha value is -2.75. The minimum atomic E-state index is -3.50. The third-order valence-corrected chi connectivity index (χ3v) is 9.55. The zero-order valence-electron chi connectivity index (χ0n) is 18.1. The predicted octanol–water partition coefficient (Wildman–Crippen LogP) is 4.34. The van der Waals surface area contributed by atoms with Crippen LogP contribution in [0.15, 0.2) is 58.0 Å². The van der Waals surface area contributed by atoms with Crippen LogP contribution in [0.3, 0.4) is 0 Å². The van der Waals surface area contributed by atoms with Gasteiger partial charge in [0.1, 0.15) is 10.6 Å². The Kier molecular flexibility index (Phi) is 5.20. The van der Waals surface area contributed by atoms with Crippen molar-refractivity contribution in [2.45, 2.75) is 30.6 Å². The molecule has 0 N–H and O–H groups in total. The van der Waals surface area contributed by atoms with Gasteiger partial charge in [-0.05, 0) is 55.5 Å². The van der Waals surface area contributed by atoms with Gasteiger partial charge in [0.05, 0.1) is 16.5 Å². The van der Waals surface area contributed by atoms with E-state index in [0.717, 1.165) is 28.9 Å². The molecule has 1 aliphatic carbocycles. The van der Waals surface area contributed by atoms with Crippen molar-refractivity contribution in [1.82, 2.24) is 14.3 Å². The average molecular weight is 481 g/mol. The third-order valence-electron chi connectivity index (χ3n) is 6.46. The van der Waals surface area contributed by atoms with E-state index in [2.05, 4.69) is 4.90 Å². The molecule has 0 spiro atoms. The molecule has 0 saturated carbocycles. The Morgan fingerprint density at radius 2 is 1.70 bits per heavy atom. The lowest BCUT2D eigenvalue weighted by Crippen LogP contribution is -2.49. The van der Waals surface area contributed by atoms with Crippen LogP contribution in [-0.2, 0) is 22.9 Å². The van der Waals surface area contributed by atoms with Crippen molar-refractivity contribution in [3.05, 3.63) is 59.2 Å². The van der Waals surface area contributed by atoms with Crippen LogP contribution >= 0.6 is 11.3 Å². The summed E-state index contributed by atoms with van der Waals surface area (Å²) in [5.74, 6) is 2.14. The van der Waals surface area contributed by atoms with E-state index in [-0.39, 0.29) is 0 Å². The quantitative estimate of drug-likeness (QED) is 0.432. The van der Waals surface area contributed by atoms with E-state index < -0.39 is 10.0 Å². The second kappa shape index (κ2) is 8.23. The summed E-state index contributed by atoms with van der Waals surface area (Å²) in [6, 6.07) is 12.4. The maximum absolute atomic E-state index is 13.1. The number of furan rings is 1. The van der Waals surface area contributed by atoms with Crippen LogP contribution in [0, 0.1) is 0 Å². The Morgan fingerprint density at radius 1 is 0.909 bits per heavy atom. The molecule has 9 heteroatoms. The lowest BCUT2D eigenvalue weighted by molar-refractivity contribution is 0.384. The lowest BCUT2D eigenvalue weighted by Gasteiger charge is -2.35. The van der Waals surface area contributed by atoms with Gasteiger partial charge < -0.3 is 9.32 Å². The van der Waals surface area contributed by atoms with Crippen molar-refractivity contribution in [2.24, 2.45) is 0 Å². The molecule has 4 aromatic rings. The van der Waals surface area contributed by atoms with Crippen LogP contribution in [0.25, 0.3) is 21.8 Å². The number of anilines is 1. The maximum Gasteiger partial charge on any atom is 0.243 e. The predicted molar refractivity (Wildman–Crippen MR) is 129 cm³/mol. The third kappa shape index (κ3) is 3.64. The Bertz CT molecular complexity index is 1390. The number of benzene rings is 1. The molecule has 1 fully saturated rings. The molecule has 0 bridgehead atoms. The highest BCUT2D eigenvalue weighted by Crippen LogP contribution is 2.41. The molecule has 6 rings (SSSR count). The van der Waals surface area contributed by atoms with Crippen molar-refractivity contribution >= 4 is 37.4 Å². The van der Waals surface area contributed by atoms with Gasteiger partial charge in [-0.3, -0.25) is 0 Å². The second-order valence-electron chi connectivity index (χ2n) is 8.44. The molecule has 1 aromatic carbocycles. The summed E-state index contributed by atoms with van der Waals surface area (Å²) in [5, 5.41) is 1.14. The standard InChI is InChI=1S/C24H24N4O3S2/c29-33(30,17-7-2-1-3-8-17)28-14-12-27(13-15-28)23-21-18-9-4-5-11-20(18)32-24(21)26-22(25-23)19-10-6-16-31-19/h1-3,6-8,10,16H,4-5,9,11-15H2. The van der Waals surface area contributed by atoms with Gasteiger partial charge in [-0.15, -0.1) is 11.3 Å². The normalized spacial score (nSPS) is 17.4. The molecule has 7 nitrogen and oxygen atoms in total. The highest BCUT2D eigenvalue weighted by molar-refractivity contribution is 7.89. The molecule has 0 amide bonds. The molecule has 3 aromatic heterocycles. The molecule has 0 radical (unpaired) electrons. The summed E-state index contributed by atoms with van der Waals surface area (Å²) >= 11 is 1.77. The summed E-state index contributed by atoms with van der Waals surface area (Å²) in [6.45, 7) is 2.01. The van der Waals surface area contributed by atoms with Crippen molar-refractivity contribution < 1.29 is 12.8 Å². The number of rotatable bonds is 4. The second-order valence-corrected chi connectivity index (χ2v) is 11.5. The summed E-state index contributed by atoms with van der Waals surface area (Å²) in [7, 11) is -3.50. The van der Waals surface area contributed by atoms with Crippen molar-refractivity contribution in [3.8, 4) is 11.6 Å². The highest BCUT2D eigenvalue weighted by atomic mass is 32.2. The highest BCUT2D eigenvalue weighted by Gasteiger charge is 2.31. The monoisotopic (exact) mass is 480 g/mol. The first-order valence-corrected chi connectivity index (χ1v) is 13.5. The zero-order valence-corrected chi connectivity index (χ0v) is 19.7. The molecule has 2 aliphatic rings. The molecule has 4 heterocycles. The van der Waals surface area contributed by atoms with E-state index in [9.17, 15) is 8.42 Å². The number of nitrogens with zero attached hydrogens (tertiary/aromatic N) is 4. The van der Waals surface area contributed by atoms with Crippen LogP contribution in [0.1, 0.15) is 23.3 Å². The van der Waals surface area contributed by atoms with Gasteiger partial charge >= 0.3 is 0 Å². The zero-order chi connectivity index (χ0) is 22.4. The molecule has 33 heavy (non-hydrogen) atoms. The average Bonchev–Trinajstić information content (AvgIpc) is 3.52. The molecule has 1 saturated heterocycles. The first-order valence-electron chi connectivity index (χ1n) is 11.3. The fourth-order valence-electron chi connectivity index (χ4n) is 4.76. The van der Waals surface area contributed by atoms with Crippen molar-refractivity contribution in [3.63, 3.8) is 0 Å². The van der Waals surface area contributed by atoms with Crippen LogP contribution < -0.4 is 4.90 Å². The van der Waals surface area contributed by atoms with Gasteiger partial charge in [0.2, 0.25) is 10.0 Å². The molecular weight excluding hydrogens is 456 g/mol. The van der Waals surface area contributed by atoms with Crippen LogP contribution in [0.5, 0.6) is 0 Å². The largest absolute Gasteiger partial charge is 0.461 e. The number of fused-ring (bicyclic) bond motifs is 3. The Morgan fingerprint density at radius 3 is 2.45 bits per heavy atom. The van der Waals surface area contributed by atoms with Gasteiger partial charge in [0, 0.05) is 31.1 Å². The van der Waals surface area contributed by atoms with Gasteiger partial charge in [-0.2, -0.15) is 4.31 Å². The number of thiophene rings is 1. The van der Waals surface area contributed by atoms with Gasteiger partial charge in [-0.1, -0.05) is 18.2 Å². The van der Waals surface area contributed by atoms with Crippen LogP contribution in [0.4, 0.5) is 5.82 Å². The Balaban J connectivity index is 1.36. The number of aromatic nitrogens is 2. The van der Waals surface area contributed by atoms with Crippen LogP contribution in [0.2, 0.25) is 0 Å². The fourth-order valence-corrected chi connectivity index (χ4v) is 7.46. The van der Waals surface area contributed by atoms with Crippen molar-refractivity contribution in [2.75, 3.05) is 31.1 Å². The van der Waals surface area contributed by atoms with E-state index in [1.54, 1.807) is 46.2 Å². The topological polar surface area (TPSA) is 79.5 Å². The minimum Gasteiger partial charge on any atom is -0.461 e. The number of sulfonamides is 1. The van der Waals surface area contributed by atoms with E-state index in [1.165, 1.54) is 23.3 Å². The smallest absolute Gasteiger partial charge is 0.243 e. The summed E-state index contributed by atoms with van der Waals surface area (Å²) in [4.78, 5) is 14.8. The number of hydrogen-bond donors (Lipinski definition) is 0. The molecular formula is C24H24N4O3S2. The number of aryl methyl sites for hydroxylation is 2. The molecule has 1 aliphatic heterocycles. The molecule has 0 atom stereocenters. The van der Waals surface area contributed by atoms with Gasteiger partial charge in [-0.25, -0.2) is 18.4 Å². The SMILES string of the molecule is O=S(=O)(c1ccccc1)N1CCN(c2nc(-c3ccco3)nc3sc4c(c23)CCCC4)CC1. The molecule has 0 unspecified atom stereocenters. The fraction of sp³-hybridized carbons (Fsp3) is 0.333. The van der Waals surface area contributed by atoms with Gasteiger partial charge in [0.15, 0.2) is 11.6 Å². The van der Waals surface area contributed by atoms with Crippen molar-refractivity contribution in [1.29, 1.82) is 0 Å². The summed E-state index contributed by atoms with van der Waals surface area (Å²) in [5.41, 5.74) is 1.38. The number of piperazine rings is 1. The Labute approximate surface area is 196 Å². The number of hydrogen-bond acceptors (Lipinski definition) is 7. The maximum atomic E-state index is 13.1.